The Morgan fingerprint density at radius 2 is 1.93 bits per heavy atom. The van der Waals surface area contributed by atoms with Gasteiger partial charge in [-0.2, -0.15) is 17.7 Å². The molecule has 1 aliphatic heterocycles. The van der Waals surface area contributed by atoms with Gasteiger partial charge in [0.1, 0.15) is 11.6 Å². The summed E-state index contributed by atoms with van der Waals surface area (Å²) in [6, 6.07) is 3.07. The normalized spacial score (nSPS) is 15.6. The minimum absolute atomic E-state index is 0.0252. The molecule has 0 saturated carbocycles. The van der Waals surface area contributed by atoms with Crippen LogP contribution < -0.4 is 4.90 Å². The van der Waals surface area contributed by atoms with Crippen LogP contribution in [0.4, 0.5) is 19.0 Å². The minimum atomic E-state index is -4.65. The van der Waals surface area contributed by atoms with E-state index in [9.17, 15) is 18.0 Å². The van der Waals surface area contributed by atoms with Gasteiger partial charge in [0.2, 0.25) is 5.91 Å². The Labute approximate surface area is 169 Å². The van der Waals surface area contributed by atoms with Crippen LogP contribution in [0.2, 0.25) is 0 Å². The Hall–Kier alpha value is -3.18. The second-order valence-electron chi connectivity index (χ2n) is 7.18. The molecule has 1 fully saturated rings. The zero-order valence-electron chi connectivity index (χ0n) is 16.5. The predicted molar refractivity (Wildman–Crippen MR) is 98.9 cm³/mol. The van der Waals surface area contributed by atoms with Crippen LogP contribution in [0, 0.1) is 13.8 Å². The van der Waals surface area contributed by atoms with E-state index < -0.39 is 12.0 Å². The number of alkyl halides is 3. The number of hydrogen-bond acceptors (Lipinski definition) is 7. The Morgan fingerprint density at radius 1 is 1.13 bits per heavy atom. The highest BCUT2D eigenvalue weighted by molar-refractivity contribution is 5.79. The van der Waals surface area contributed by atoms with Gasteiger partial charge in [-0.05, 0) is 32.4 Å². The molecule has 4 rings (SSSR count). The van der Waals surface area contributed by atoms with Gasteiger partial charge in [-0.25, -0.2) is 0 Å². The molecular weight excluding hydrogens is 403 g/mol. The number of anilines is 1. The summed E-state index contributed by atoms with van der Waals surface area (Å²) < 4.78 is 45.2. The first kappa shape index (κ1) is 20.1. The predicted octanol–water partition coefficient (Wildman–Crippen LogP) is 2.03. The molecule has 0 N–H and O–H groups in total. The lowest BCUT2D eigenvalue weighted by atomic mass is 10.1. The number of nitrogens with zero attached hydrogens (tertiary/aromatic N) is 7. The van der Waals surface area contributed by atoms with Crippen LogP contribution in [0.15, 0.2) is 16.7 Å². The van der Waals surface area contributed by atoms with E-state index >= 15 is 0 Å². The molecule has 1 saturated heterocycles. The zero-order chi connectivity index (χ0) is 21.5. The molecule has 160 valence electrons. The van der Waals surface area contributed by atoms with Crippen molar-refractivity contribution in [2.45, 2.75) is 32.9 Å². The number of halogens is 3. The zero-order valence-corrected chi connectivity index (χ0v) is 16.5. The number of hydrogen-bond donors (Lipinski definition) is 0. The van der Waals surface area contributed by atoms with Gasteiger partial charge >= 0.3 is 6.18 Å². The van der Waals surface area contributed by atoms with Crippen LogP contribution in [0.5, 0.6) is 0 Å². The second-order valence-corrected chi connectivity index (χ2v) is 7.18. The van der Waals surface area contributed by atoms with Gasteiger partial charge < -0.3 is 14.3 Å². The molecule has 30 heavy (non-hydrogen) atoms. The third-order valence-corrected chi connectivity index (χ3v) is 5.18. The van der Waals surface area contributed by atoms with E-state index in [4.69, 9.17) is 4.52 Å². The summed E-state index contributed by atoms with van der Waals surface area (Å²) in [7, 11) is 0. The number of carbonyl (C=O) groups is 1. The van der Waals surface area contributed by atoms with Crippen LogP contribution in [0.25, 0.3) is 5.65 Å². The second kappa shape index (κ2) is 7.58. The molecule has 0 aromatic carbocycles. The van der Waals surface area contributed by atoms with Crippen molar-refractivity contribution in [3.05, 3.63) is 35.0 Å². The molecular formula is C18H20F3N7O2. The molecule has 1 amide bonds. The molecule has 0 aliphatic carbocycles. The fourth-order valence-corrected chi connectivity index (χ4v) is 3.54. The number of fused-ring (bicyclic) bond motifs is 1. The molecule has 4 heterocycles. The van der Waals surface area contributed by atoms with Crippen molar-refractivity contribution >= 4 is 17.4 Å². The number of carbonyl (C=O) groups excluding carboxylic acids is 1. The Kier molecular flexibility index (Phi) is 5.08. The summed E-state index contributed by atoms with van der Waals surface area (Å²) >= 11 is 0. The van der Waals surface area contributed by atoms with Gasteiger partial charge in [0.25, 0.3) is 5.82 Å². The lowest BCUT2D eigenvalue weighted by molar-refractivity contribution is -0.146. The van der Waals surface area contributed by atoms with Crippen molar-refractivity contribution in [2.75, 3.05) is 31.1 Å². The van der Waals surface area contributed by atoms with Gasteiger partial charge in [0, 0.05) is 31.7 Å². The van der Waals surface area contributed by atoms with Crippen LogP contribution in [-0.4, -0.2) is 62.0 Å². The van der Waals surface area contributed by atoms with Crippen LogP contribution in [-0.2, 0) is 17.4 Å². The molecule has 0 unspecified atom stereocenters. The average molecular weight is 423 g/mol. The highest BCUT2D eigenvalue weighted by Crippen LogP contribution is 2.28. The Morgan fingerprint density at radius 3 is 2.63 bits per heavy atom. The van der Waals surface area contributed by atoms with E-state index in [1.165, 1.54) is 6.07 Å². The van der Waals surface area contributed by atoms with Gasteiger partial charge in [-0.15, -0.1) is 15.3 Å². The van der Waals surface area contributed by atoms with Gasteiger partial charge in [-0.1, -0.05) is 5.16 Å². The lowest BCUT2D eigenvalue weighted by Crippen LogP contribution is -2.36. The molecule has 9 nitrogen and oxygen atoms in total. The summed E-state index contributed by atoms with van der Waals surface area (Å²) in [4.78, 5) is 16.4. The first-order valence-electron chi connectivity index (χ1n) is 9.48. The van der Waals surface area contributed by atoms with Gasteiger partial charge in [0.15, 0.2) is 5.65 Å². The van der Waals surface area contributed by atoms with E-state index in [1.807, 2.05) is 4.90 Å². The van der Waals surface area contributed by atoms with Gasteiger partial charge in [-0.3, -0.25) is 4.79 Å². The van der Waals surface area contributed by atoms with Crippen LogP contribution >= 0.6 is 0 Å². The highest BCUT2D eigenvalue weighted by atomic mass is 19.4. The van der Waals surface area contributed by atoms with E-state index in [1.54, 1.807) is 24.8 Å². The fraction of sp³-hybridized carbons (Fsp3) is 0.500. The van der Waals surface area contributed by atoms with Crippen molar-refractivity contribution in [3.8, 4) is 0 Å². The molecule has 0 atom stereocenters. The first-order valence-corrected chi connectivity index (χ1v) is 9.48. The van der Waals surface area contributed by atoms with Crippen LogP contribution in [0.1, 0.15) is 29.3 Å². The molecule has 1 aliphatic rings. The monoisotopic (exact) mass is 423 g/mol. The van der Waals surface area contributed by atoms with E-state index in [0.29, 0.717) is 54.4 Å². The third-order valence-electron chi connectivity index (χ3n) is 5.18. The van der Waals surface area contributed by atoms with Crippen molar-refractivity contribution in [1.29, 1.82) is 0 Å². The smallest absolute Gasteiger partial charge is 0.361 e. The SMILES string of the molecule is Cc1noc(C)c1CC(=O)N1CCCN(c2ccc3nnc(C(F)(F)F)n3n2)CC1. The fourth-order valence-electron chi connectivity index (χ4n) is 3.54. The first-order chi connectivity index (χ1) is 14.2. The summed E-state index contributed by atoms with van der Waals surface area (Å²) in [5, 5.41) is 14.7. The summed E-state index contributed by atoms with van der Waals surface area (Å²) in [5.41, 5.74) is 1.52. The van der Waals surface area contributed by atoms with Crippen molar-refractivity contribution in [1.82, 2.24) is 29.9 Å². The maximum atomic E-state index is 13.1. The summed E-state index contributed by atoms with van der Waals surface area (Å²) in [6.45, 7) is 5.59. The standard InChI is InChI=1S/C18H20F3N7O2/c1-11-13(12(2)30-25-11)10-16(29)27-7-3-6-26(8-9-27)15-5-4-14-22-23-17(18(19,20)21)28(14)24-15/h4-5H,3,6-10H2,1-2H3. The minimum Gasteiger partial charge on any atom is -0.361 e. The molecule has 3 aromatic rings. The maximum Gasteiger partial charge on any atom is 0.453 e. The van der Waals surface area contributed by atoms with Crippen LogP contribution in [0.3, 0.4) is 0 Å². The highest BCUT2D eigenvalue weighted by Gasteiger charge is 2.37. The van der Waals surface area contributed by atoms with Gasteiger partial charge in [0.05, 0.1) is 12.1 Å². The molecule has 0 spiro atoms. The van der Waals surface area contributed by atoms with E-state index in [0.717, 1.165) is 5.56 Å². The quantitative estimate of drug-likeness (QED) is 0.636. The third kappa shape index (κ3) is 3.81. The van der Waals surface area contributed by atoms with Crippen molar-refractivity contribution in [2.24, 2.45) is 0 Å². The average Bonchev–Trinajstić information content (AvgIpc) is 3.15. The van der Waals surface area contributed by atoms with E-state index in [2.05, 4.69) is 20.5 Å². The largest absolute Gasteiger partial charge is 0.453 e. The number of aryl methyl sites for hydroxylation is 2. The number of aromatic nitrogens is 5. The number of rotatable bonds is 3. The summed E-state index contributed by atoms with van der Waals surface area (Å²) in [6.07, 6.45) is -3.77. The lowest BCUT2D eigenvalue weighted by Gasteiger charge is -2.23. The molecule has 0 bridgehead atoms. The van der Waals surface area contributed by atoms with E-state index in [-0.39, 0.29) is 18.0 Å². The molecule has 0 radical (unpaired) electrons. The van der Waals surface area contributed by atoms with Crippen molar-refractivity contribution in [3.63, 3.8) is 0 Å². The summed E-state index contributed by atoms with van der Waals surface area (Å²) in [5.74, 6) is -0.185. The Balaban J connectivity index is 1.48. The van der Waals surface area contributed by atoms with Crippen molar-refractivity contribution < 1.29 is 22.5 Å². The maximum absolute atomic E-state index is 13.1. The Bertz CT molecular complexity index is 1060. The topological polar surface area (TPSA) is 92.7 Å². The molecule has 3 aromatic heterocycles. The molecule has 12 heteroatoms. The number of amides is 1.